The predicted molar refractivity (Wildman–Crippen MR) is 71.0 cm³/mol. The number of rotatable bonds is 6. The largest absolute Gasteiger partial charge is 0.478 e. The van der Waals surface area contributed by atoms with E-state index >= 15 is 0 Å². The molecule has 0 amide bonds. The van der Waals surface area contributed by atoms with Crippen LogP contribution in [0.3, 0.4) is 0 Å². The van der Waals surface area contributed by atoms with E-state index in [0.29, 0.717) is 16.6 Å². The first-order chi connectivity index (χ1) is 8.00. The van der Waals surface area contributed by atoms with Crippen LogP contribution in [0, 0.1) is 5.92 Å². The lowest BCUT2D eigenvalue weighted by Crippen LogP contribution is -2.08. The molecule has 17 heavy (non-hydrogen) atoms. The monoisotopic (exact) mass is 255 g/mol. The first-order valence-corrected chi connectivity index (χ1v) is 6.15. The van der Waals surface area contributed by atoms with Crippen LogP contribution >= 0.6 is 11.6 Å². The van der Waals surface area contributed by atoms with E-state index in [2.05, 4.69) is 19.2 Å². The maximum absolute atomic E-state index is 11.0. The molecule has 0 heterocycles. The van der Waals surface area contributed by atoms with E-state index in [9.17, 15) is 4.79 Å². The first kappa shape index (κ1) is 13.8. The minimum atomic E-state index is -0.959. The highest BCUT2D eigenvalue weighted by Gasteiger charge is 2.10. The summed E-state index contributed by atoms with van der Waals surface area (Å²) in [5, 5.41) is 12.6. The van der Waals surface area contributed by atoms with Crippen molar-refractivity contribution in [1.82, 2.24) is 0 Å². The van der Waals surface area contributed by atoms with Gasteiger partial charge >= 0.3 is 5.97 Å². The van der Waals surface area contributed by atoms with E-state index in [4.69, 9.17) is 16.7 Å². The number of carboxylic acids is 1. The molecule has 0 atom stereocenters. The molecule has 0 unspecified atom stereocenters. The molecule has 4 heteroatoms. The predicted octanol–water partition coefficient (Wildman–Crippen LogP) is 3.89. The molecule has 0 saturated heterocycles. The molecule has 0 aliphatic heterocycles. The molecule has 1 rings (SSSR count). The van der Waals surface area contributed by atoms with Gasteiger partial charge in [-0.3, -0.25) is 0 Å². The molecule has 0 radical (unpaired) electrons. The highest BCUT2D eigenvalue weighted by atomic mass is 35.5. The Kier molecular flexibility index (Phi) is 5.29. The zero-order valence-electron chi connectivity index (χ0n) is 10.2. The maximum Gasteiger partial charge on any atom is 0.337 e. The van der Waals surface area contributed by atoms with Crippen molar-refractivity contribution in [1.29, 1.82) is 0 Å². The number of carboxylic acid groups (broad SMARTS) is 1. The Morgan fingerprint density at radius 3 is 2.76 bits per heavy atom. The summed E-state index contributed by atoms with van der Waals surface area (Å²) in [6.45, 7) is 5.12. The number of nitrogens with one attached hydrogen (secondary N) is 1. The summed E-state index contributed by atoms with van der Waals surface area (Å²) in [4.78, 5) is 11.0. The summed E-state index contributed by atoms with van der Waals surface area (Å²) >= 11 is 5.77. The van der Waals surface area contributed by atoms with Gasteiger partial charge < -0.3 is 10.4 Å². The number of benzene rings is 1. The molecule has 0 saturated carbocycles. The Labute approximate surface area is 107 Å². The molecule has 0 bridgehead atoms. The average molecular weight is 256 g/mol. The van der Waals surface area contributed by atoms with Crippen molar-refractivity contribution in [3.63, 3.8) is 0 Å². The van der Waals surface area contributed by atoms with Gasteiger partial charge in [-0.05, 0) is 37.0 Å². The minimum absolute atomic E-state index is 0.224. The summed E-state index contributed by atoms with van der Waals surface area (Å²) in [6.07, 6.45) is 2.16. The molecule has 1 aromatic rings. The average Bonchev–Trinajstić information content (AvgIpc) is 2.25. The van der Waals surface area contributed by atoms with Crippen LogP contribution in [-0.2, 0) is 0 Å². The van der Waals surface area contributed by atoms with Gasteiger partial charge in [-0.1, -0.05) is 25.4 Å². The van der Waals surface area contributed by atoms with E-state index in [1.165, 1.54) is 6.07 Å². The second-order valence-corrected chi connectivity index (χ2v) is 4.89. The van der Waals surface area contributed by atoms with Gasteiger partial charge in [-0.2, -0.15) is 0 Å². The fourth-order valence-corrected chi connectivity index (χ4v) is 1.75. The van der Waals surface area contributed by atoms with Crippen molar-refractivity contribution in [2.75, 3.05) is 11.9 Å². The number of aromatic carboxylic acids is 1. The normalized spacial score (nSPS) is 10.6. The third-order valence-corrected chi connectivity index (χ3v) is 2.72. The van der Waals surface area contributed by atoms with E-state index in [-0.39, 0.29) is 5.56 Å². The summed E-state index contributed by atoms with van der Waals surface area (Å²) in [6, 6.07) is 4.87. The SMILES string of the molecule is CC(C)CCCNc1ccc(Cl)cc1C(=O)O. The number of hydrogen-bond acceptors (Lipinski definition) is 2. The molecule has 0 aliphatic rings. The fourth-order valence-electron chi connectivity index (χ4n) is 1.58. The summed E-state index contributed by atoms with van der Waals surface area (Å²) in [5.74, 6) is -0.292. The summed E-state index contributed by atoms with van der Waals surface area (Å²) in [5.41, 5.74) is 0.854. The van der Waals surface area contributed by atoms with Gasteiger partial charge in [0, 0.05) is 17.3 Å². The van der Waals surface area contributed by atoms with Gasteiger partial charge in [0.2, 0.25) is 0 Å². The van der Waals surface area contributed by atoms with Gasteiger partial charge in [0.25, 0.3) is 0 Å². The standard InChI is InChI=1S/C13H18ClNO2/c1-9(2)4-3-7-15-12-6-5-10(14)8-11(12)13(16)17/h5-6,8-9,15H,3-4,7H2,1-2H3,(H,16,17). The molecule has 2 N–H and O–H groups in total. The molecular formula is C13H18ClNO2. The van der Waals surface area contributed by atoms with Crippen LogP contribution in [0.1, 0.15) is 37.0 Å². The lowest BCUT2D eigenvalue weighted by Gasteiger charge is -2.10. The topological polar surface area (TPSA) is 49.3 Å². The van der Waals surface area contributed by atoms with Crippen molar-refractivity contribution in [3.05, 3.63) is 28.8 Å². The van der Waals surface area contributed by atoms with E-state index in [0.717, 1.165) is 19.4 Å². The van der Waals surface area contributed by atoms with Crippen LogP contribution in [0.2, 0.25) is 5.02 Å². The highest BCUT2D eigenvalue weighted by molar-refractivity contribution is 6.31. The zero-order chi connectivity index (χ0) is 12.8. The van der Waals surface area contributed by atoms with E-state index in [1.54, 1.807) is 12.1 Å². The highest BCUT2D eigenvalue weighted by Crippen LogP contribution is 2.20. The van der Waals surface area contributed by atoms with Crippen molar-refractivity contribution in [3.8, 4) is 0 Å². The van der Waals surface area contributed by atoms with Crippen molar-refractivity contribution >= 4 is 23.3 Å². The van der Waals surface area contributed by atoms with Crippen molar-refractivity contribution in [2.24, 2.45) is 5.92 Å². The van der Waals surface area contributed by atoms with Crippen LogP contribution in [-0.4, -0.2) is 17.6 Å². The molecule has 0 fully saturated rings. The third kappa shape index (κ3) is 4.65. The Bertz CT molecular complexity index is 391. The van der Waals surface area contributed by atoms with Gasteiger partial charge in [0.1, 0.15) is 0 Å². The number of carbonyl (C=O) groups is 1. The van der Waals surface area contributed by atoms with E-state index < -0.39 is 5.97 Å². The number of halogens is 1. The van der Waals surface area contributed by atoms with Gasteiger partial charge in [0.15, 0.2) is 0 Å². The Morgan fingerprint density at radius 1 is 1.47 bits per heavy atom. The molecule has 94 valence electrons. The Hall–Kier alpha value is -1.22. The van der Waals surface area contributed by atoms with Gasteiger partial charge in [0.05, 0.1) is 5.56 Å². The molecular weight excluding hydrogens is 238 g/mol. The molecule has 0 aliphatic carbocycles. The van der Waals surface area contributed by atoms with E-state index in [1.807, 2.05) is 0 Å². The third-order valence-electron chi connectivity index (χ3n) is 2.49. The van der Waals surface area contributed by atoms with Gasteiger partial charge in [-0.25, -0.2) is 4.79 Å². The molecule has 3 nitrogen and oxygen atoms in total. The number of anilines is 1. The maximum atomic E-state index is 11.0. The lowest BCUT2D eigenvalue weighted by atomic mass is 10.1. The smallest absolute Gasteiger partial charge is 0.337 e. The van der Waals surface area contributed by atoms with Crippen LogP contribution < -0.4 is 5.32 Å². The van der Waals surface area contributed by atoms with Crippen LogP contribution in [0.25, 0.3) is 0 Å². The van der Waals surface area contributed by atoms with Crippen molar-refractivity contribution < 1.29 is 9.90 Å². The van der Waals surface area contributed by atoms with Crippen LogP contribution in [0.15, 0.2) is 18.2 Å². The Morgan fingerprint density at radius 2 is 2.18 bits per heavy atom. The summed E-state index contributed by atoms with van der Waals surface area (Å²) in [7, 11) is 0. The molecule has 1 aromatic carbocycles. The first-order valence-electron chi connectivity index (χ1n) is 5.77. The van der Waals surface area contributed by atoms with Crippen molar-refractivity contribution in [2.45, 2.75) is 26.7 Å². The second-order valence-electron chi connectivity index (χ2n) is 4.46. The fraction of sp³-hybridized carbons (Fsp3) is 0.462. The van der Waals surface area contributed by atoms with Crippen LogP contribution in [0.5, 0.6) is 0 Å². The molecule has 0 aromatic heterocycles. The zero-order valence-corrected chi connectivity index (χ0v) is 10.9. The second kappa shape index (κ2) is 6.50. The number of hydrogen-bond donors (Lipinski definition) is 2. The minimum Gasteiger partial charge on any atom is -0.478 e. The van der Waals surface area contributed by atoms with Crippen LogP contribution in [0.4, 0.5) is 5.69 Å². The Balaban J connectivity index is 2.61. The summed E-state index contributed by atoms with van der Waals surface area (Å²) < 4.78 is 0. The lowest BCUT2D eigenvalue weighted by molar-refractivity contribution is 0.0698. The quantitative estimate of drug-likeness (QED) is 0.759. The van der Waals surface area contributed by atoms with Gasteiger partial charge in [-0.15, -0.1) is 0 Å². The molecule has 0 spiro atoms.